The van der Waals surface area contributed by atoms with Gasteiger partial charge in [0, 0.05) is 17.8 Å². The topological polar surface area (TPSA) is 33.1 Å². The molecule has 0 aromatic carbocycles. The molecular weight excluding hydrogens is 162 g/mol. The number of hydrogen-bond donors (Lipinski definition) is 1. The van der Waals surface area contributed by atoms with E-state index >= 15 is 0 Å². The van der Waals surface area contributed by atoms with E-state index in [4.69, 9.17) is 16.7 Å². The Morgan fingerprint density at radius 1 is 1.64 bits per heavy atom. The van der Waals surface area contributed by atoms with E-state index < -0.39 is 0 Å². The number of pyridine rings is 1. The zero-order valence-corrected chi connectivity index (χ0v) is 7.04. The molecule has 0 fully saturated rings. The molecule has 2 nitrogen and oxygen atoms in total. The predicted molar refractivity (Wildman–Crippen MR) is 44.7 cm³/mol. The Kier molecular flexibility index (Phi) is 2.85. The third kappa shape index (κ3) is 2.17. The highest BCUT2D eigenvalue weighted by Gasteiger charge is 2.03. The quantitative estimate of drug-likeness (QED) is 0.737. The zero-order chi connectivity index (χ0) is 8.27. The molecule has 0 radical (unpaired) electrons. The lowest BCUT2D eigenvalue weighted by molar-refractivity contribution is 0.271. The van der Waals surface area contributed by atoms with Gasteiger partial charge in [-0.05, 0) is 12.1 Å². The Morgan fingerprint density at radius 3 is 2.82 bits per heavy atom. The lowest BCUT2D eigenvalue weighted by Gasteiger charge is -2.05. The first-order valence-electron chi connectivity index (χ1n) is 3.46. The van der Waals surface area contributed by atoms with Crippen LogP contribution in [0.5, 0.6) is 0 Å². The van der Waals surface area contributed by atoms with Crippen molar-refractivity contribution in [1.82, 2.24) is 4.98 Å². The molecule has 3 heteroatoms. The first kappa shape index (κ1) is 8.50. The summed E-state index contributed by atoms with van der Waals surface area (Å²) in [6.07, 6.45) is 1.59. The molecule has 0 spiro atoms. The third-order valence-electron chi connectivity index (χ3n) is 1.53. The van der Waals surface area contributed by atoms with Gasteiger partial charge < -0.3 is 5.11 Å². The van der Waals surface area contributed by atoms with Crippen molar-refractivity contribution in [1.29, 1.82) is 0 Å². The molecule has 1 rings (SSSR count). The minimum atomic E-state index is 0.0901. The predicted octanol–water partition coefficient (Wildman–Crippen LogP) is 1.83. The van der Waals surface area contributed by atoms with Gasteiger partial charge in [0.1, 0.15) is 0 Å². The fourth-order valence-electron chi connectivity index (χ4n) is 0.772. The van der Waals surface area contributed by atoms with Gasteiger partial charge in [0.25, 0.3) is 0 Å². The van der Waals surface area contributed by atoms with Crippen LogP contribution in [-0.2, 0) is 0 Å². The highest BCUT2D eigenvalue weighted by atomic mass is 35.5. The molecule has 60 valence electrons. The van der Waals surface area contributed by atoms with E-state index in [1.807, 2.05) is 13.0 Å². The van der Waals surface area contributed by atoms with E-state index in [1.165, 1.54) is 0 Å². The molecule has 1 aromatic rings. The average Bonchev–Trinajstić information content (AvgIpc) is 2.05. The first-order chi connectivity index (χ1) is 5.24. The van der Waals surface area contributed by atoms with Crippen molar-refractivity contribution in [2.24, 2.45) is 0 Å². The van der Waals surface area contributed by atoms with Crippen LogP contribution in [0.15, 0.2) is 18.3 Å². The molecule has 0 bridgehead atoms. The van der Waals surface area contributed by atoms with Crippen LogP contribution in [-0.4, -0.2) is 16.7 Å². The van der Waals surface area contributed by atoms with E-state index in [-0.39, 0.29) is 12.5 Å². The minimum absolute atomic E-state index is 0.0901. The Morgan fingerprint density at radius 2 is 2.36 bits per heavy atom. The van der Waals surface area contributed by atoms with Gasteiger partial charge in [0.05, 0.1) is 11.6 Å². The van der Waals surface area contributed by atoms with Crippen molar-refractivity contribution in [2.45, 2.75) is 12.8 Å². The van der Waals surface area contributed by atoms with E-state index in [9.17, 15) is 0 Å². The molecule has 1 unspecified atom stereocenters. The summed E-state index contributed by atoms with van der Waals surface area (Å²) in [7, 11) is 0. The van der Waals surface area contributed by atoms with Crippen molar-refractivity contribution in [2.75, 3.05) is 6.61 Å². The van der Waals surface area contributed by atoms with Gasteiger partial charge in [0.2, 0.25) is 0 Å². The van der Waals surface area contributed by atoms with Crippen molar-refractivity contribution >= 4 is 11.6 Å². The Labute approximate surface area is 70.8 Å². The third-order valence-corrected chi connectivity index (χ3v) is 1.75. The van der Waals surface area contributed by atoms with Crippen LogP contribution in [0.4, 0.5) is 0 Å². The number of rotatable bonds is 2. The fourth-order valence-corrected chi connectivity index (χ4v) is 0.884. The summed E-state index contributed by atoms with van der Waals surface area (Å²) in [6.45, 7) is 2.03. The Balaban J connectivity index is 2.81. The standard InChI is InChI=1S/C8H10ClNO/c1-6(5-11)8-3-2-7(9)4-10-8/h2-4,6,11H,5H2,1H3. The lowest BCUT2D eigenvalue weighted by atomic mass is 10.1. The summed E-state index contributed by atoms with van der Waals surface area (Å²) in [5.74, 6) is 0.0901. The van der Waals surface area contributed by atoms with E-state index in [0.29, 0.717) is 5.02 Å². The molecule has 0 saturated heterocycles. The molecule has 1 heterocycles. The van der Waals surface area contributed by atoms with Gasteiger partial charge in [-0.15, -0.1) is 0 Å². The van der Waals surface area contributed by atoms with Gasteiger partial charge in [-0.25, -0.2) is 0 Å². The molecular formula is C8H10ClNO. The highest BCUT2D eigenvalue weighted by molar-refractivity contribution is 6.30. The molecule has 1 N–H and O–H groups in total. The smallest absolute Gasteiger partial charge is 0.0589 e. The number of aliphatic hydroxyl groups excluding tert-OH is 1. The molecule has 0 aliphatic carbocycles. The van der Waals surface area contributed by atoms with Crippen LogP contribution >= 0.6 is 11.6 Å². The fraction of sp³-hybridized carbons (Fsp3) is 0.375. The molecule has 0 amide bonds. The van der Waals surface area contributed by atoms with Crippen molar-refractivity contribution in [3.05, 3.63) is 29.0 Å². The summed E-state index contributed by atoms with van der Waals surface area (Å²) in [5, 5.41) is 9.41. The molecule has 0 aliphatic heterocycles. The SMILES string of the molecule is CC(CO)c1ccc(Cl)cn1. The first-order valence-corrected chi connectivity index (χ1v) is 3.84. The van der Waals surface area contributed by atoms with Crippen molar-refractivity contribution in [3.8, 4) is 0 Å². The van der Waals surface area contributed by atoms with Crippen LogP contribution in [0, 0.1) is 0 Å². The maximum Gasteiger partial charge on any atom is 0.0589 e. The number of hydrogen-bond acceptors (Lipinski definition) is 2. The second-order valence-corrected chi connectivity index (χ2v) is 2.92. The van der Waals surface area contributed by atoms with Gasteiger partial charge in [0.15, 0.2) is 0 Å². The summed E-state index contributed by atoms with van der Waals surface area (Å²) in [5.41, 5.74) is 0.872. The normalized spacial score (nSPS) is 13.0. The maximum absolute atomic E-state index is 8.78. The average molecular weight is 172 g/mol. The maximum atomic E-state index is 8.78. The Hall–Kier alpha value is -0.600. The van der Waals surface area contributed by atoms with Crippen LogP contribution in [0.3, 0.4) is 0 Å². The number of aliphatic hydroxyl groups is 1. The zero-order valence-electron chi connectivity index (χ0n) is 6.29. The monoisotopic (exact) mass is 171 g/mol. The van der Waals surface area contributed by atoms with E-state index in [1.54, 1.807) is 12.3 Å². The summed E-state index contributed by atoms with van der Waals surface area (Å²) in [4.78, 5) is 4.06. The van der Waals surface area contributed by atoms with Crippen molar-refractivity contribution in [3.63, 3.8) is 0 Å². The summed E-state index contributed by atoms with van der Waals surface area (Å²) in [6, 6.07) is 3.60. The largest absolute Gasteiger partial charge is 0.396 e. The molecule has 1 atom stereocenters. The van der Waals surface area contributed by atoms with Crippen molar-refractivity contribution < 1.29 is 5.11 Å². The highest BCUT2D eigenvalue weighted by Crippen LogP contribution is 2.13. The molecule has 1 aromatic heterocycles. The van der Waals surface area contributed by atoms with E-state index in [2.05, 4.69) is 4.98 Å². The second-order valence-electron chi connectivity index (χ2n) is 2.48. The Bertz CT molecular complexity index is 222. The van der Waals surface area contributed by atoms with Crippen LogP contribution in [0.25, 0.3) is 0 Å². The molecule has 11 heavy (non-hydrogen) atoms. The lowest BCUT2D eigenvalue weighted by Crippen LogP contribution is -2.00. The van der Waals surface area contributed by atoms with E-state index in [0.717, 1.165) is 5.69 Å². The number of aromatic nitrogens is 1. The summed E-state index contributed by atoms with van der Waals surface area (Å²) < 4.78 is 0. The van der Waals surface area contributed by atoms with Crippen LogP contribution < -0.4 is 0 Å². The molecule has 0 saturated carbocycles. The molecule has 0 aliphatic rings. The summed E-state index contributed by atoms with van der Waals surface area (Å²) >= 11 is 5.63. The van der Waals surface area contributed by atoms with Gasteiger partial charge >= 0.3 is 0 Å². The second kappa shape index (κ2) is 3.69. The minimum Gasteiger partial charge on any atom is -0.396 e. The van der Waals surface area contributed by atoms with Crippen LogP contribution in [0.2, 0.25) is 5.02 Å². The number of halogens is 1. The number of nitrogens with zero attached hydrogens (tertiary/aromatic N) is 1. The van der Waals surface area contributed by atoms with Gasteiger partial charge in [-0.2, -0.15) is 0 Å². The van der Waals surface area contributed by atoms with Gasteiger partial charge in [-0.1, -0.05) is 18.5 Å². The van der Waals surface area contributed by atoms with Crippen LogP contribution in [0.1, 0.15) is 18.5 Å². The van der Waals surface area contributed by atoms with Gasteiger partial charge in [-0.3, -0.25) is 4.98 Å².